The molecule has 98 valence electrons. The van der Waals surface area contributed by atoms with Gasteiger partial charge in [-0.2, -0.15) is 0 Å². The Kier molecular flexibility index (Phi) is 4.76. The maximum atomic E-state index is 11.9. The monoisotopic (exact) mass is 242 g/mol. The zero-order valence-corrected chi connectivity index (χ0v) is 10.5. The molecule has 2 fully saturated rings. The van der Waals surface area contributed by atoms with Gasteiger partial charge in [0.25, 0.3) is 0 Å². The molecule has 0 spiro atoms. The molecule has 0 aromatic rings. The van der Waals surface area contributed by atoms with Crippen molar-refractivity contribution in [3.8, 4) is 0 Å². The summed E-state index contributed by atoms with van der Waals surface area (Å²) in [6.07, 6.45) is 1.89. The number of ether oxygens (including phenoxy) is 2. The third-order valence-corrected chi connectivity index (χ3v) is 3.49. The van der Waals surface area contributed by atoms with Crippen LogP contribution in [0.3, 0.4) is 0 Å². The Labute approximate surface area is 102 Å². The van der Waals surface area contributed by atoms with E-state index >= 15 is 0 Å². The van der Waals surface area contributed by atoms with Gasteiger partial charge in [0, 0.05) is 38.7 Å². The van der Waals surface area contributed by atoms with Gasteiger partial charge in [-0.05, 0) is 13.3 Å². The topological polar surface area (TPSA) is 50.8 Å². The van der Waals surface area contributed by atoms with E-state index in [2.05, 4.69) is 12.2 Å². The van der Waals surface area contributed by atoms with Crippen molar-refractivity contribution in [2.45, 2.75) is 31.9 Å². The molecular weight excluding hydrogens is 220 g/mol. The van der Waals surface area contributed by atoms with Gasteiger partial charge in [-0.25, -0.2) is 0 Å². The molecule has 2 atom stereocenters. The van der Waals surface area contributed by atoms with Crippen LogP contribution in [0.1, 0.15) is 19.8 Å². The van der Waals surface area contributed by atoms with Gasteiger partial charge in [-0.3, -0.25) is 4.79 Å². The molecule has 2 heterocycles. The smallest absolute Gasteiger partial charge is 0.224 e. The summed E-state index contributed by atoms with van der Waals surface area (Å²) in [6.45, 7) is 6.47. The van der Waals surface area contributed by atoms with Gasteiger partial charge in [0.05, 0.1) is 19.3 Å². The van der Waals surface area contributed by atoms with Crippen molar-refractivity contribution >= 4 is 5.91 Å². The highest BCUT2D eigenvalue weighted by atomic mass is 16.5. The van der Waals surface area contributed by atoms with E-state index in [4.69, 9.17) is 9.47 Å². The van der Waals surface area contributed by atoms with E-state index in [0.717, 1.165) is 32.7 Å². The molecule has 0 radical (unpaired) electrons. The Morgan fingerprint density at radius 1 is 1.35 bits per heavy atom. The third kappa shape index (κ3) is 3.66. The van der Waals surface area contributed by atoms with E-state index in [0.29, 0.717) is 25.7 Å². The number of rotatable bonds is 4. The number of hydrogen-bond acceptors (Lipinski definition) is 4. The van der Waals surface area contributed by atoms with Crippen LogP contribution in [0.4, 0.5) is 0 Å². The lowest BCUT2D eigenvalue weighted by atomic mass is 10.1. The van der Waals surface area contributed by atoms with E-state index in [1.165, 1.54) is 0 Å². The molecule has 0 aromatic carbocycles. The first-order valence-electron chi connectivity index (χ1n) is 6.48. The van der Waals surface area contributed by atoms with E-state index in [1.807, 2.05) is 4.90 Å². The largest absolute Gasteiger partial charge is 0.378 e. The van der Waals surface area contributed by atoms with Crippen LogP contribution in [0.2, 0.25) is 0 Å². The molecule has 0 aromatic heterocycles. The summed E-state index contributed by atoms with van der Waals surface area (Å²) >= 11 is 0. The highest BCUT2D eigenvalue weighted by Crippen LogP contribution is 2.12. The first kappa shape index (κ1) is 12.8. The van der Waals surface area contributed by atoms with Gasteiger partial charge in [-0.15, -0.1) is 0 Å². The number of amides is 1. The first-order chi connectivity index (χ1) is 8.27. The molecule has 0 aliphatic carbocycles. The Bertz CT molecular complexity index is 254. The fourth-order valence-corrected chi connectivity index (χ4v) is 2.34. The van der Waals surface area contributed by atoms with Crippen LogP contribution in [0, 0.1) is 0 Å². The number of hydrogen-bond donors (Lipinski definition) is 1. The molecule has 5 heteroatoms. The lowest BCUT2D eigenvalue weighted by Crippen LogP contribution is -2.43. The van der Waals surface area contributed by atoms with Gasteiger partial charge in [0.2, 0.25) is 5.91 Å². The molecule has 2 aliphatic rings. The highest BCUT2D eigenvalue weighted by Gasteiger charge is 2.24. The number of carbonyl (C=O) groups is 1. The molecule has 2 saturated heterocycles. The second-order valence-corrected chi connectivity index (χ2v) is 4.67. The summed E-state index contributed by atoms with van der Waals surface area (Å²) in [5, 5.41) is 3.40. The number of morpholine rings is 1. The van der Waals surface area contributed by atoms with Crippen LogP contribution >= 0.6 is 0 Å². The van der Waals surface area contributed by atoms with Crippen LogP contribution in [0.25, 0.3) is 0 Å². The number of carbonyl (C=O) groups excluding carboxylic acids is 1. The zero-order valence-electron chi connectivity index (χ0n) is 10.5. The van der Waals surface area contributed by atoms with E-state index in [-0.39, 0.29) is 12.0 Å². The van der Waals surface area contributed by atoms with E-state index in [1.54, 1.807) is 0 Å². The second kappa shape index (κ2) is 6.33. The molecule has 5 nitrogen and oxygen atoms in total. The molecule has 1 amide bonds. The summed E-state index contributed by atoms with van der Waals surface area (Å²) in [4.78, 5) is 13.7. The average Bonchev–Trinajstić information content (AvgIpc) is 2.76. The van der Waals surface area contributed by atoms with Crippen molar-refractivity contribution in [3.05, 3.63) is 0 Å². The van der Waals surface area contributed by atoms with E-state index < -0.39 is 0 Å². The molecule has 2 unspecified atom stereocenters. The van der Waals surface area contributed by atoms with Crippen LogP contribution in [-0.4, -0.2) is 62.4 Å². The fourth-order valence-electron chi connectivity index (χ4n) is 2.34. The quantitative estimate of drug-likeness (QED) is 0.754. The third-order valence-electron chi connectivity index (χ3n) is 3.49. The van der Waals surface area contributed by atoms with E-state index in [9.17, 15) is 4.79 Å². The Balaban J connectivity index is 1.62. The average molecular weight is 242 g/mol. The summed E-state index contributed by atoms with van der Waals surface area (Å²) in [7, 11) is 0. The maximum absolute atomic E-state index is 11.9. The number of nitrogens with zero attached hydrogens (tertiary/aromatic N) is 1. The summed E-state index contributed by atoms with van der Waals surface area (Å²) < 4.78 is 10.7. The molecule has 0 bridgehead atoms. The van der Waals surface area contributed by atoms with Gasteiger partial charge in [0.1, 0.15) is 0 Å². The summed E-state index contributed by atoms with van der Waals surface area (Å²) in [5.41, 5.74) is 0. The van der Waals surface area contributed by atoms with Crippen LogP contribution < -0.4 is 5.32 Å². The van der Waals surface area contributed by atoms with Gasteiger partial charge in [0.15, 0.2) is 0 Å². The lowest BCUT2D eigenvalue weighted by Gasteiger charge is -2.27. The van der Waals surface area contributed by atoms with Crippen molar-refractivity contribution < 1.29 is 14.3 Å². The zero-order chi connectivity index (χ0) is 12.1. The Morgan fingerprint density at radius 2 is 2.12 bits per heavy atom. The van der Waals surface area contributed by atoms with Gasteiger partial charge >= 0.3 is 0 Å². The molecule has 1 N–H and O–H groups in total. The minimum atomic E-state index is 0.229. The van der Waals surface area contributed by atoms with Crippen molar-refractivity contribution in [2.75, 3.05) is 39.5 Å². The summed E-state index contributed by atoms with van der Waals surface area (Å²) in [5.74, 6) is 0.229. The van der Waals surface area contributed by atoms with Crippen molar-refractivity contribution in [2.24, 2.45) is 0 Å². The lowest BCUT2D eigenvalue weighted by molar-refractivity contribution is -0.135. The minimum Gasteiger partial charge on any atom is -0.378 e. The minimum absolute atomic E-state index is 0.229. The van der Waals surface area contributed by atoms with Crippen molar-refractivity contribution in [1.29, 1.82) is 0 Å². The Morgan fingerprint density at radius 3 is 2.76 bits per heavy atom. The van der Waals surface area contributed by atoms with Gasteiger partial charge < -0.3 is 19.7 Å². The van der Waals surface area contributed by atoms with Crippen molar-refractivity contribution in [1.82, 2.24) is 10.2 Å². The predicted octanol–water partition coefficient (Wildman–Crippen LogP) is 0.00230. The SMILES string of the molecule is CC1OCCC1NCCC(=O)N1CCOCC1. The molecule has 2 aliphatic heterocycles. The number of nitrogens with one attached hydrogen (secondary N) is 1. The maximum Gasteiger partial charge on any atom is 0.224 e. The first-order valence-corrected chi connectivity index (χ1v) is 6.48. The van der Waals surface area contributed by atoms with Crippen LogP contribution in [0.15, 0.2) is 0 Å². The predicted molar refractivity (Wildman–Crippen MR) is 63.8 cm³/mol. The Hall–Kier alpha value is -0.650. The fraction of sp³-hybridized carbons (Fsp3) is 0.917. The molecule has 2 rings (SSSR count). The molecule has 0 saturated carbocycles. The summed E-state index contributed by atoms with van der Waals surface area (Å²) in [6, 6.07) is 0.410. The highest BCUT2D eigenvalue weighted by molar-refractivity contribution is 5.76. The second-order valence-electron chi connectivity index (χ2n) is 4.67. The van der Waals surface area contributed by atoms with Crippen molar-refractivity contribution in [3.63, 3.8) is 0 Å². The standard InChI is InChI=1S/C12H22N2O3/c1-10-11(3-7-17-10)13-4-2-12(15)14-5-8-16-9-6-14/h10-11,13H,2-9H2,1H3. The molecule has 17 heavy (non-hydrogen) atoms. The van der Waals surface area contributed by atoms with Gasteiger partial charge in [-0.1, -0.05) is 0 Å². The molecular formula is C12H22N2O3. The normalized spacial score (nSPS) is 29.6. The van der Waals surface area contributed by atoms with Crippen LogP contribution in [0.5, 0.6) is 0 Å². The van der Waals surface area contributed by atoms with Crippen LogP contribution in [-0.2, 0) is 14.3 Å².